The van der Waals surface area contributed by atoms with Crippen LogP contribution in [0.2, 0.25) is 0 Å². The van der Waals surface area contributed by atoms with E-state index in [9.17, 15) is 0 Å². The molecule has 0 aliphatic carbocycles. The summed E-state index contributed by atoms with van der Waals surface area (Å²) in [5.41, 5.74) is 3.52. The second kappa shape index (κ2) is 31.9. The largest absolute Gasteiger partial charge is 0.493 e. The maximum absolute atomic E-state index is 5.65. The fourth-order valence-electron chi connectivity index (χ4n) is 2.59. The Hall–Kier alpha value is -3.14. The van der Waals surface area contributed by atoms with E-state index >= 15 is 0 Å². The van der Waals surface area contributed by atoms with Crippen LogP contribution in [0.15, 0.2) is 66.7 Å². The second-order valence-corrected chi connectivity index (χ2v) is 6.29. The molecule has 3 aromatic rings. The van der Waals surface area contributed by atoms with E-state index < -0.39 is 0 Å². The summed E-state index contributed by atoms with van der Waals surface area (Å²) >= 11 is 0. The van der Waals surface area contributed by atoms with Crippen LogP contribution in [0.1, 0.15) is 85.9 Å². The number of benzene rings is 3. The molecule has 38 heavy (non-hydrogen) atoms. The minimum Gasteiger partial charge on any atom is -0.493 e. The summed E-state index contributed by atoms with van der Waals surface area (Å²) in [5, 5.41) is 0. The van der Waals surface area contributed by atoms with Crippen LogP contribution in [0.5, 0.6) is 23.0 Å². The summed E-state index contributed by atoms with van der Waals surface area (Å²) in [5.74, 6) is 2.94. The van der Waals surface area contributed by atoms with Gasteiger partial charge in [0.25, 0.3) is 0 Å². The lowest BCUT2D eigenvalue weighted by molar-refractivity contribution is 0.306. The lowest BCUT2D eigenvalue weighted by Crippen LogP contribution is -1.95. The first-order valence-electron chi connectivity index (χ1n) is 14.1. The van der Waals surface area contributed by atoms with E-state index in [4.69, 9.17) is 18.9 Å². The zero-order valence-electron chi connectivity index (χ0n) is 27.2. The molecule has 4 heteroatoms. The Bertz CT molecular complexity index is 819. The third-order valence-electron chi connectivity index (χ3n) is 4.08. The zero-order valence-corrected chi connectivity index (χ0v) is 27.2. The smallest absolute Gasteiger partial charge is 0.203 e. The van der Waals surface area contributed by atoms with Crippen molar-refractivity contribution in [2.45, 2.75) is 89.7 Å². The highest BCUT2D eigenvalue weighted by Crippen LogP contribution is 2.37. The molecule has 0 spiro atoms. The molecule has 3 aromatic carbocycles. The van der Waals surface area contributed by atoms with Crippen molar-refractivity contribution in [3.63, 3.8) is 0 Å². The Morgan fingerprint density at radius 1 is 0.500 bits per heavy atom. The molecule has 4 nitrogen and oxygen atoms in total. The molecule has 0 aliphatic heterocycles. The van der Waals surface area contributed by atoms with E-state index in [2.05, 4.69) is 31.2 Å². The SMILES string of the molecule is CC.CC.CC.CC.CC.COc1cc(C)cc(OC)c1OC.Cc1ccc(OCc2ccccc2)cc1. The van der Waals surface area contributed by atoms with Gasteiger partial charge in [-0.1, -0.05) is 117 Å². The molecule has 0 unspecified atom stereocenters. The van der Waals surface area contributed by atoms with Gasteiger partial charge in [-0.2, -0.15) is 0 Å². The third-order valence-corrected chi connectivity index (χ3v) is 4.08. The summed E-state index contributed by atoms with van der Waals surface area (Å²) in [7, 11) is 4.81. The number of hydrogen-bond donors (Lipinski definition) is 0. The molecule has 0 aliphatic rings. The van der Waals surface area contributed by atoms with Gasteiger partial charge in [0.05, 0.1) is 21.3 Å². The molecule has 0 N–H and O–H groups in total. The lowest BCUT2D eigenvalue weighted by atomic mass is 10.2. The molecule has 0 saturated heterocycles. The number of rotatable bonds is 6. The van der Waals surface area contributed by atoms with Gasteiger partial charge in [0, 0.05) is 0 Å². The Morgan fingerprint density at radius 2 is 0.921 bits per heavy atom. The molecule has 0 radical (unpaired) electrons. The van der Waals surface area contributed by atoms with Crippen molar-refractivity contribution in [2.75, 3.05) is 21.3 Å². The van der Waals surface area contributed by atoms with E-state index in [0.717, 1.165) is 11.3 Å². The molecular formula is C34H58O4. The first kappa shape index (κ1) is 42.0. The number of aryl methyl sites for hydroxylation is 2. The summed E-state index contributed by atoms with van der Waals surface area (Å²) in [6.45, 7) is 24.7. The van der Waals surface area contributed by atoms with Crippen molar-refractivity contribution in [3.8, 4) is 23.0 Å². The molecule has 0 fully saturated rings. The fourth-order valence-corrected chi connectivity index (χ4v) is 2.59. The van der Waals surface area contributed by atoms with Gasteiger partial charge in [0.1, 0.15) is 12.4 Å². The predicted molar refractivity (Wildman–Crippen MR) is 170 cm³/mol. The Morgan fingerprint density at radius 3 is 1.29 bits per heavy atom. The molecular weight excluding hydrogens is 472 g/mol. The highest BCUT2D eigenvalue weighted by atomic mass is 16.5. The first-order chi connectivity index (χ1) is 18.6. The maximum atomic E-state index is 5.65. The molecule has 0 bridgehead atoms. The Kier molecular flexibility index (Phi) is 35.2. The van der Waals surface area contributed by atoms with E-state index in [1.54, 1.807) is 21.3 Å². The van der Waals surface area contributed by atoms with Gasteiger partial charge in [-0.05, 0) is 49.2 Å². The van der Waals surface area contributed by atoms with E-state index in [1.165, 1.54) is 11.1 Å². The van der Waals surface area contributed by atoms with Crippen molar-refractivity contribution >= 4 is 0 Å². The first-order valence-corrected chi connectivity index (χ1v) is 14.1. The van der Waals surface area contributed by atoms with Gasteiger partial charge in [-0.15, -0.1) is 0 Å². The third kappa shape index (κ3) is 19.0. The van der Waals surface area contributed by atoms with E-state index in [-0.39, 0.29) is 0 Å². The average molecular weight is 531 g/mol. The molecule has 218 valence electrons. The summed E-state index contributed by atoms with van der Waals surface area (Å²) in [4.78, 5) is 0. The van der Waals surface area contributed by atoms with Crippen molar-refractivity contribution in [1.82, 2.24) is 0 Å². The van der Waals surface area contributed by atoms with Crippen molar-refractivity contribution < 1.29 is 18.9 Å². The van der Waals surface area contributed by atoms with Gasteiger partial charge in [0.15, 0.2) is 11.5 Å². The van der Waals surface area contributed by atoms with Crippen molar-refractivity contribution in [3.05, 3.63) is 83.4 Å². The molecule has 0 atom stereocenters. The van der Waals surface area contributed by atoms with E-state index in [1.807, 2.05) is 119 Å². The predicted octanol–water partition coefficient (Wildman–Crippen LogP) is 10.7. The molecule has 0 saturated carbocycles. The fraction of sp³-hybridized carbons (Fsp3) is 0.471. The van der Waals surface area contributed by atoms with Crippen LogP contribution in [0.25, 0.3) is 0 Å². The van der Waals surface area contributed by atoms with Gasteiger partial charge >= 0.3 is 0 Å². The second-order valence-electron chi connectivity index (χ2n) is 6.29. The lowest BCUT2D eigenvalue weighted by Gasteiger charge is -2.12. The minimum absolute atomic E-state index is 0.629. The topological polar surface area (TPSA) is 36.9 Å². The minimum atomic E-state index is 0.629. The number of methoxy groups -OCH3 is 3. The van der Waals surface area contributed by atoms with Crippen LogP contribution in [-0.2, 0) is 6.61 Å². The normalized spacial score (nSPS) is 7.97. The van der Waals surface area contributed by atoms with Gasteiger partial charge in [-0.3, -0.25) is 0 Å². The van der Waals surface area contributed by atoms with Crippen molar-refractivity contribution in [1.29, 1.82) is 0 Å². The summed E-state index contributed by atoms with van der Waals surface area (Å²) < 4.78 is 21.1. The Balaban J connectivity index is -0.000000230. The molecule has 3 rings (SSSR count). The maximum Gasteiger partial charge on any atom is 0.203 e. The summed E-state index contributed by atoms with van der Waals surface area (Å²) in [6.07, 6.45) is 0. The monoisotopic (exact) mass is 530 g/mol. The summed E-state index contributed by atoms with van der Waals surface area (Å²) in [6, 6.07) is 22.1. The Labute approximate surface area is 236 Å². The van der Waals surface area contributed by atoms with Crippen LogP contribution >= 0.6 is 0 Å². The molecule has 0 aromatic heterocycles. The molecule has 0 amide bonds. The number of hydrogen-bond acceptors (Lipinski definition) is 4. The van der Waals surface area contributed by atoms with Crippen LogP contribution in [0.3, 0.4) is 0 Å². The van der Waals surface area contributed by atoms with Gasteiger partial charge < -0.3 is 18.9 Å². The van der Waals surface area contributed by atoms with E-state index in [0.29, 0.717) is 23.9 Å². The standard InChI is InChI=1S/C14H14O.C10H14O3.5C2H6/c1-12-7-9-14(10-8-12)15-11-13-5-3-2-4-6-13;1-7-5-8(11-2)10(13-4)9(6-7)12-3;5*1-2/h2-10H,11H2,1H3;5-6H,1-4H3;5*1-2H3. The average Bonchev–Trinajstić information content (AvgIpc) is 3.02. The van der Waals surface area contributed by atoms with Crippen LogP contribution < -0.4 is 18.9 Å². The highest BCUT2D eigenvalue weighted by molar-refractivity contribution is 5.53. The highest BCUT2D eigenvalue weighted by Gasteiger charge is 2.10. The zero-order chi connectivity index (χ0) is 30.4. The number of ether oxygens (including phenoxy) is 4. The van der Waals surface area contributed by atoms with Crippen LogP contribution in [-0.4, -0.2) is 21.3 Å². The van der Waals surface area contributed by atoms with Gasteiger partial charge in [0.2, 0.25) is 5.75 Å². The quantitative estimate of drug-likeness (QED) is 0.317. The molecule has 0 heterocycles. The van der Waals surface area contributed by atoms with Gasteiger partial charge in [-0.25, -0.2) is 0 Å². The van der Waals surface area contributed by atoms with Crippen molar-refractivity contribution in [2.24, 2.45) is 0 Å². The van der Waals surface area contributed by atoms with Crippen LogP contribution in [0.4, 0.5) is 0 Å². The van der Waals surface area contributed by atoms with Crippen LogP contribution in [0, 0.1) is 13.8 Å².